The predicted molar refractivity (Wildman–Crippen MR) is 110 cm³/mol. The van der Waals surface area contributed by atoms with E-state index in [1.54, 1.807) is 0 Å². The lowest BCUT2D eigenvalue weighted by molar-refractivity contribution is -0.133. The van der Waals surface area contributed by atoms with Crippen molar-refractivity contribution in [3.05, 3.63) is 29.8 Å². The van der Waals surface area contributed by atoms with Gasteiger partial charge in [-0.2, -0.15) is 0 Å². The molecule has 1 fully saturated rings. The van der Waals surface area contributed by atoms with Gasteiger partial charge >= 0.3 is 0 Å². The van der Waals surface area contributed by atoms with Gasteiger partial charge < -0.3 is 20.3 Å². The van der Waals surface area contributed by atoms with Crippen LogP contribution in [0.3, 0.4) is 0 Å². The quantitative estimate of drug-likeness (QED) is 0.569. The highest BCUT2D eigenvalue weighted by atomic mass is 16.5. The molecule has 1 aliphatic rings. The Kier molecular flexibility index (Phi) is 7.95. The normalized spacial score (nSPS) is 18.5. The summed E-state index contributed by atoms with van der Waals surface area (Å²) >= 11 is 0. The summed E-state index contributed by atoms with van der Waals surface area (Å²) in [6.07, 6.45) is 0.919. The number of ether oxygens (including phenoxy) is 1. The maximum atomic E-state index is 12.2. The maximum Gasteiger partial charge on any atom is 0.225 e. The van der Waals surface area contributed by atoms with E-state index in [4.69, 9.17) is 4.74 Å². The van der Waals surface area contributed by atoms with Crippen molar-refractivity contribution < 1.29 is 9.53 Å². The van der Waals surface area contributed by atoms with Gasteiger partial charge in [-0.05, 0) is 44.9 Å². The molecule has 27 heavy (non-hydrogen) atoms. The van der Waals surface area contributed by atoms with Crippen molar-refractivity contribution in [2.75, 3.05) is 26.2 Å². The summed E-state index contributed by atoms with van der Waals surface area (Å²) in [7, 11) is 0. The first kappa shape index (κ1) is 21.1. The Morgan fingerprint density at radius 2 is 2.15 bits per heavy atom. The van der Waals surface area contributed by atoms with Crippen molar-refractivity contribution in [3.63, 3.8) is 0 Å². The van der Waals surface area contributed by atoms with Gasteiger partial charge in [-0.1, -0.05) is 26.0 Å². The van der Waals surface area contributed by atoms with E-state index in [0.29, 0.717) is 6.54 Å². The Hall–Kier alpha value is -2.24. The number of benzene rings is 1. The molecule has 1 saturated heterocycles. The van der Waals surface area contributed by atoms with E-state index in [2.05, 4.69) is 28.6 Å². The predicted octanol–water partition coefficient (Wildman–Crippen LogP) is 2.57. The zero-order chi connectivity index (χ0) is 19.8. The number of rotatable bonds is 7. The third kappa shape index (κ3) is 6.77. The molecule has 150 valence electrons. The van der Waals surface area contributed by atoms with Gasteiger partial charge in [-0.25, -0.2) is 4.99 Å². The fraction of sp³-hybridized carbons (Fsp3) is 0.619. The molecule has 0 radical (unpaired) electrons. The van der Waals surface area contributed by atoms with Crippen LogP contribution in [0.25, 0.3) is 0 Å². The summed E-state index contributed by atoms with van der Waals surface area (Å²) in [4.78, 5) is 18.8. The van der Waals surface area contributed by atoms with Crippen molar-refractivity contribution in [2.45, 2.75) is 53.2 Å². The molecular weight excluding hydrogens is 340 g/mol. The van der Waals surface area contributed by atoms with E-state index in [-0.39, 0.29) is 24.0 Å². The number of hydrogen-bond donors (Lipinski definition) is 2. The van der Waals surface area contributed by atoms with Crippen LogP contribution in [-0.2, 0) is 4.79 Å². The minimum Gasteiger partial charge on any atom is -0.489 e. The molecule has 1 amide bonds. The monoisotopic (exact) mass is 374 g/mol. The highest BCUT2D eigenvalue weighted by Crippen LogP contribution is 2.15. The van der Waals surface area contributed by atoms with Crippen molar-refractivity contribution in [1.29, 1.82) is 0 Å². The van der Waals surface area contributed by atoms with E-state index in [0.717, 1.165) is 37.8 Å². The lowest BCUT2D eigenvalue weighted by Crippen LogP contribution is -2.45. The summed E-state index contributed by atoms with van der Waals surface area (Å²) in [6.45, 7) is 12.9. The first-order valence-corrected chi connectivity index (χ1v) is 9.96. The number of carbonyl (C=O) groups is 1. The average molecular weight is 375 g/mol. The van der Waals surface area contributed by atoms with E-state index in [1.165, 1.54) is 5.56 Å². The van der Waals surface area contributed by atoms with Crippen LogP contribution in [0.2, 0.25) is 0 Å². The van der Waals surface area contributed by atoms with Crippen LogP contribution in [0.4, 0.5) is 0 Å². The van der Waals surface area contributed by atoms with E-state index < -0.39 is 0 Å². The Balaban J connectivity index is 1.87. The lowest BCUT2D eigenvalue weighted by atomic mass is 10.2. The summed E-state index contributed by atoms with van der Waals surface area (Å²) in [5.41, 5.74) is 1.18. The van der Waals surface area contributed by atoms with Crippen LogP contribution < -0.4 is 15.4 Å². The van der Waals surface area contributed by atoms with Crippen LogP contribution in [0, 0.1) is 12.8 Å². The number of nitrogens with one attached hydrogen (secondary N) is 2. The third-order valence-electron chi connectivity index (χ3n) is 4.51. The summed E-state index contributed by atoms with van der Waals surface area (Å²) < 4.78 is 5.95. The van der Waals surface area contributed by atoms with Crippen LogP contribution >= 0.6 is 0 Å². The second-order valence-corrected chi connectivity index (χ2v) is 7.53. The molecule has 0 aliphatic carbocycles. The highest BCUT2D eigenvalue weighted by molar-refractivity contribution is 5.81. The Morgan fingerprint density at radius 3 is 2.81 bits per heavy atom. The summed E-state index contributed by atoms with van der Waals surface area (Å²) in [5.74, 6) is 1.92. The SMILES string of the molecule is CCNC(=NCC(C)Oc1cccc(C)c1)NC1CCN(C(=O)C(C)C)C1. The summed E-state index contributed by atoms with van der Waals surface area (Å²) in [5, 5.41) is 6.74. The standard InChI is InChI=1S/C21H34N4O2/c1-6-22-21(24-18-10-11-25(14-18)20(26)15(2)3)23-13-17(5)27-19-9-7-8-16(4)12-19/h7-9,12,15,17-18H,6,10-11,13-14H2,1-5H3,(H2,22,23,24). The largest absolute Gasteiger partial charge is 0.489 e. The molecule has 2 atom stereocenters. The molecule has 1 aliphatic heterocycles. The maximum absolute atomic E-state index is 12.2. The molecule has 2 rings (SSSR count). The van der Waals surface area contributed by atoms with E-state index in [9.17, 15) is 4.79 Å². The van der Waals surface area contributed by atoms with Gasteiger partial charge in [-0.15, -0.1) is 0 Å². The molecule has 1 aromatic carbocycles. The average Bonchev–Trinajstić information content (AvgIpc) is 3.07. The molecule has 6 heteroatoms. The third-order valence-corrected chi connectivity index (χ3v) is 4.51. The van der Waals surface area contributed by atoms with Crippen molar-refractivity contribution >= 4 is 11.9 Å². The molecule has 0 spiro atoms. The van der Waals surface area contributed by atoms with Gasteiger partial charge in [0.1, 0.15) is 11.9 Å². The zero-order valence-electron chi connectivity index (χ0n) is 17.3. The number of nitrogens with zero attached hydrogens (tertiary/aromatic N) is 2. The molecule has 1 heterocycles. The minimum absolute atomic E-state index is 0.0233. The second kappa shape index (κ2) is 10.2. The number of amides is 1. The molecule has 0 aromatic heterocycles. The van der Waals surface area contributed by atoms with Crippen LogP contribution in [0.5, 0.6) is 5.75 Å². The molecule has 2 N–H and O–H groups in total. The number of likely N-dealkylation sites (tertiary alicyclic amines) is 1. The first-order valence-electron chi connectivity index (χ1n) is 9.96. The topological polar surface area (TPSA) is 66.0 Å². The Morgan fingerprint density at radius 1 is 1.37 bits per heavy atom. The van der Waals surface area contributed by atoms with Gasteiger partial charge in [0.2, 0.25) is 5.91 Å². The fourth-order valence-corrected chi connectivity index (χ4v) is 3.13. The number of hydrogen-bond acceptors (Lipinski definition) is 3. The van der Waals surface area contributed by atoms with Gasteiger partial charge in [0.05, 0.1) is 6.54 Å². The Labute approximate surface area is 163 Å². The number of carbonyl (C=O) groups excluding carboxylic acids is 1. The van der Waals surface area contributed by atoms with E-state index in [1.807, 2.05) is 50.8 Å². The molecule has 2 unspecified atom stereocenters. The smallest absolute Gasteiger partial charge is 0.225 e. The highest BCUT2D eigenvalue weighted by Gasteiger charge is 2.27. The van der Waals surface area contributed by atoms with E-state index >= 15 is 0 Å². The lowest BCUT2D eigenvalue weighted by Gasteiger charge is -2.21. The van der Waals surface area contributed by atoms with Crippen LogP contribution in [-0.4, -0.2) is 55.1 Å². The van der Waals surface area contributed by atoms with Crippen LogP contribution in [0.15, 0.2) is 29.3 Å². The molecule has 1 aromatic rings. The van der Waals surface area contributed by atoms with Gasteiger partial charge in [0.25, 0.3) is 0 Å². The van der Waals surface area contributed by atoms with Crippen molar-refractivity contribution in [2.24, 2.45) is 10.9 Å². The van der Waals surface area contributed by atoms with Gasteiger partial charge in [0, 0.05) is 31.6 Å². The van der Waals surface area contributed by atoms with Crippen molar-refractivity contribution in [3.8, 4) is 5.75 Å². The fourth-order valence-electron chi connectivity index (χ4n) is 3.13. The molecular formula is C21H34N4O2. The number of aliphatic imine (C=N–C) groups is 1. The van der Waals surface area contributed by atoms with Gasteiger partial charge in [0.15, 0.2) is 5.96 Å². The van der Waals surface area contributed by atoms with Gasteiger partial charge in [-0.3, -0.25) is 4.79 Å². The van der Waals surface area contributed by atoms with Crippen LogP contribution in [0.1, 0.15) is 39.7 Å². The second-order valence-electron chi connectivity index (χ2n) is 7.53. The summed E-state index contributed by atoms with van der Waals surface area (Å²) in [6, 6.07) is 8.28. The minimum atomic E-state index is -0.0233. The number of guanidine groups is 1. The number of aryl methyl sites for hydroxylation is 1. The first-order chi connectivity index (χ1) is 12.9. The molecule has 6 nitrogen and oxygen atoms in total. The molecule has 0 saturated carbocycles. The Bertz CT molecular complexity index is 645. The molecule has 0 bridgehead atoms. The van der Waals surface area contributed by atoms with Crippen molar-refractivity contribution in [1.82, 2.24) is 15.5 Å². The zero-order valence-corrected chi connectivity index (χ0v) is 17.3.